The largest absolute Gasteiger partial charge is 0.372 e. The zero-order valence-corrected chi connectivity index (χ0v) is 14.6. The molecule has 1 atom stereocenters. The molecule has 1 aliphatic carbocycles. The molecule has 0 spiro atoms. The van der Waals surface area contributed by atoms with E-state index in [1.165, 1.54) is 36.9 Å². The summed E-state index contributed by atoms with van der Waals surface area (Å²) in [5.74, 6) is 1.34. The lowest BCUT2D eigenvalue weighted by atomic mass is 9.98. The second-order valence-electron chi connectivity index (χ2n) is 7.47. The summed E-state index contributed by atoms with van der Waals surface area (Å²) in [6.45, 7) is 6.75. The van der Waals surface area contributed by atoms with Crippen molar-refractivity contribution in [3.05, 3.63) is 29.8 Å². The van der Waals surface area contributed by atoms with Gasteiger partial charge in [0.1, 0.15) is 0 Å². The summed E-state index contributed by atoms with van der Waals surface area (Å²) in [7, 11) is 0. The smallest absolute Gasteiger partial charge is 0.223 e. The van der Waals surface area contributed by atoms with Crippen molar-refractivity contribution in [3.63, 3.8) is 0 Å². The monoisotopic (exact) mass is 314 g/mol. The Morgan fingerprint density at radius 1 is 1.09 bits per heavy atom. The van der Waals surface area contributed by atoms with E-state index in [0.29, 0.717) is 0 Å². The Labute approximate surface area is 140 Å². The van der Waals surface area contributed by atoms with Gasteiger partial charge in [-0.2, -0.15) is 0 Å². The number of carbonyl (C=O) groups excluding carboxylic acids is 1. The molecule has 0 bridgehead atoms. The van der Waals surface area contributed by atoms with Crippen molar-refractivity contribution < 1.29 is 4.79 Å². The van der Waals surface area contributed by atoms with E-state index >= 15 is 0 Å². The van der Waals surface area contributed by atoms with Crippen LogP contribution in [0, 0.1) is 11.8 Å². The number of piperidine rings is 1. The molecule has 1 amide bonds. The minimum Gasteiger partial charge on any atom is -0.372 e. The number of hydrogen-bond donors (Lipinski definition) is 1. The van der Waals surface area contributed by atoms with Gasteiger partial charge in [-0.15, -0.1) is 0 Å². The molecule has 1 saturated carbocycles. The van der Waals surface area contributed by atoms with E-state index in [2.05, 4.69) is 48.3 Å². The third-order valence-corrected chi connectivity index (χ3v) is 5.63. The van der Waals surface area contributed by atoms with Gasteiger partial charge in [-0.05, 0) is 56.2 Å². The van der Waals surface area contributed by atoms with Crippen LogP contribution in [0.25, 0.3) is 0 Å². The van der Waals surface area contributed by atoms with Crippen molar-refractivity contribution in [2.45, 2.75) is 58.4 Å². The molecule has 23 heavy (non-hydrogen) atoms. The molecule has 1 heterocycles. The number of rotatable bonds is 4. The summed E-state index contributed by atoms with van der Waals surface area (Å²) in [5, 5.41) is 3.19. The van der Waals surface area contributed by atoms with Crippen molar-refractivity contribution >= 4 is 11.6 Å². The Bertz CT molecular complexity index is 511. The lowest BCUT2D eigenvalue weighted by Crippen LogP contribution is -2.33. The first-order valence-electron chi connectivity index (χ1n) is 9.29. The van der Waals surface area contributed by atoms with Crippen molar-refractivity contribution in [2.24, 2.45) is 11.8 Å². The zero-order chi connectivity index (χ0) is 16.2. The summed E-state index contributed by atoms with van der Waals surface area (Å²) >= 11 is 0. The molecule has 1 unspecified atom stereocenters. The van der Waals surface area contributed by atoms with Crippen LogP contribution in [-0.4, -0.2) is 19.0 Å². The van der Waals surface area contributed by atoms with Crippen LogP contribution in [0.15, 0.2) is 24.3 Å². The summed E-state index contributed by atoms with van der Waals surface area (Å²) in [5.41, 5.74) is 2.51. The fourth-order valence-electron chi connectivity index (χ4n) is 3.84. The number of anilines is 1. The van der Waals surface area contributed by atoms with E-state index in [1.807, 2.05) is 0 Å². The molecule has 0 aromatic heterocycles. The molecule has 1 saturated heterocycles. The summed E-state index contributed by atoms with van der Waals surface area (Å²) in [4.78, 5) is 14.7. The first kappa shape index (κ1) is 16.4. The standard InChI is InChI=1S/C20H30N2O/c1-15-11-13-22(14-12-15)19-9-7-17(8-10-19)16(2)21-20(23)18-5-3-4-6-18/h7-10,15-16,18H,3-6,11-14H2,1-2H3,(H,21,23). The van der Waals surface area contributed by atoms with E-state index < -0.39 is 0 Å². The van der Waals surface area contributed by atoms with Crippen molar-refractivity contribution in [1.82, 2.24) is 5.32 Å². The summed E-state index contributed by atoms with van der Waals surface area (Å²) in [6.07, 6.45) is 7.10. The second kappa shape index (κ2) is 7.37. The van der Waals surface area contributed by atoms with Crippen molar-refractivity contribution in [1.29, 1.82) is 0 Å². The molecule has 2 aliphatic rings. The predicted molar refractivity (Wildman–Crippen MR) is 95.6 cm³/mol. The highest BCUT2D eigenvalue weighted by Crippen LogP contribution is 2.27. The second-order valence-corrected chi connectivity index (χ2v) is 7.47. The quantitative estimate of drug-likeness (QED) is 0.899. The van der Waals surface area contributed by atoms with Gasteiger partial charge in [0.15, 0.2) is 0 Å². The molecule has 1 aliphatic heterocycles. The lowest BCUT2D eigenvalue weighted by molar-refractivity contribution is -0.125. The molecular formula is C20H30N2O. The lowest BCUT2D eigenvalue weighted by Gasteiger charge is -2.32. The summed E-state index contributed by atoms with van der Waals surface area (Å²) < 4.78 is 0. The maximum absolute atomic E-state index is 12.3. The molecule has 3 nitrogen and oxygen atoms in total. The molecule has 1 N–H and O–H groups in total. The van der Waals surface area contributed by atoms with Crippen molar-refractivity contribution in [2.75, 3.05) is 18.0 Å². The molecule has 2 fully saturated rings. The van der Waals surface area contributed by atoms with E-state index in [1.54, 1.807) is 0 Å². The number of nitrogens with zero attached hydrogens (tertiary/aromatic N) is 1. The molecule has 3 heteroatoms. The minimum absolute atomic E-state index is 0.0959. The molecule has 1 aromatic rings. The van der Waals surface area contributed by atoms with Gasteiger partial charge in [0.05, 0.1) is 6.04 Å². The van der Waals surface area contributed by atoms with E-state index in [-0.39, 0.29) is 17.9 Å². The number of nitrogens with one attached hydrogen (secondary N) is 1. The zero-order valence-electron chi connectivity index (χ0n) is 14.6. The first-order valence-corrected chi connectivity index (χ1v) is 9.29. The van der Waals surface area contributed by atoms with E-state index in [4.69, 9.17) is 0 Å². The van der Waals surface area contributed by atoms with Gasteiger partial charge in [-0.1, -0.05) is 31.9 Å². The fraction of sp³-hybridized carbons (Fsp3) is 0.650. The van der Waals surface area contributed by atoms with E-state index in [0.717, 1.165) is 31.8 Å². The Hall–Kier alpha value is -1.51. The molecule has 1 aromatic carbocycles. The normalized spacial score (nSPS) is 21.4. The fourth-order valence-corrected chi connectivity index (χ4v) is 3.84. The van der Waals surface area contributed by atoms with Crippen LogP contribution in [-0.2, 0) is 4.79 Å². The van der Waals surface area contributed by atoms with Crippen LogP contribution in [0.3, 0.4) is 0 Å². The van der Waals surface area contributed by atoms with Crippen LogP contribution in [0.4, 0.5) is 5.69 Å². The third-order valence-electron chi connectivity index (χ3n) is 5.63. The average molecular weight is 314 g/mol. The van der Waals surface area contributed by atoms with E-state index in [9.17, 15) is 4.79 Å². The van der Waals surface area contributed by atoms with Gasteiger partial charge in [-0.3, -0.25) is 4.79 Å². The molecular weight excluding hydrogens is 284 g/mol. The van der Waals surface area contributed by atoms with Crippen LogP contribution in [0.5, 0.6) is 0 Å². The predicted octanol–water partition coefficient (Wildman–Crippen LogP) is 4.29. The minimum atomic E-state index is 0.0959. The van der Waals surface area contributed by atoms with Crippen LogP contribution in [0.2, 0.25) is 0 Å². The summed E-state index contributed by atoms with van der Waals surface area (Å²) in [6, 6.07) is 8.87. The molecule has 0 radical (unpaired) electrons. The topological polar surface area (TPSA) is 32.3 Å². The average Bonchev–Trinajstić information content (AvgIpc) is 3.10. The number of benzene rings is 1. The Morgan fingerprint density at radius 3 is 2.30 bits per heavy atom. The molecule has 126 valence electrons. The highest BCUT2D eigenvalue weighted by molar-refractivity contribution is 5.79. The van der Waals surface area contributed by atoms with Gasteiger partial charge >= 0.3 is 0 Å². The number of hydrogen-bond acceptors (Lipinski definition) is 2. The van der Waals surface area contributed by atoms with Crippen molar-refractivity contribution in [3.8, 4) is 0 Å². The maximum Gasteiger partial charge on any atom is 0.223 e. The maximum atomic E-state index is 12.3. The van der Waals surface area contributed by atoms with Crippen LogP contribution in [0.1, 0.15) is 64.0 Å². The third kappa shape index (κ3) is 4.07. The Kier molecular flexibility index (Phi) is 5.24. The van der Waals surface area contributed by atoms with Gasteiger partial charge in [0.2, 0.25) is 5.91 Å². The first-order chi connectivity index (χ1) is 11.1. The highest BCUT2D eigenvalue weighted by Gasteiger charge is 2.24. The van der Waals surface area contributed by atoms with Crippen LogP contribution < -0.4 is 10.2 Å². The van der Waals surface area contributed by atoms with Crippen LogP contribution >= 0.6 is 0 Å². The highest BCUT2D eigenvalue weighted by atomic mass is 16.1. The van der Waals surface area contributed by atoms with Gasteiger partial charge in [0.25, 0.3) is 0 Å². The number of carbonyl (C=O) groups is 1. The Morgan fingerprint density at radius 2 is 1.70 bits per heavy atom. The number of amides is 1. The van der Waals surface area contributed by atoms with Gasteiger partial charge in [-0.25, -0.2) is 0 Å². The molecule has 3 rings (SSSR count). The Balaban J connectivity index is 1.56. The van der Waals surface area contributed by atoms with Gasteiger partial charge < -0.3 is 10.2 Å². The van der Waals surface area contributed by atoms with Gasteiger partial charge in [0, 0.05) is 24.7 Å². The SMILES string of the molecule is CC1CCN(c2ccc(C(C)NC(=O)C3CCCC3)cc2)CC1.